The second kappa shape index (κ2) is 9.72. The molecule has 0 saturated carbocycles. The molecule has 0 aromatic heterocycles. The van der Waals surface area contributed by atoms with Crippen LogP contribution in [0.5, 0.6) is 0 Å². The molecule has 1 aliphatic rings. The van der Waals surface area contributed by atoms with Crippen LogP contribution in [0.1, 0.15) is 5.56 Å². The van der Waals surface area contributed by atoms with Crippen LogP contribution in [0.15, 0.2) is 55.1 Å². The van der Waals surface area contributed by atoms with Crippen LogP contribution in [0.25, 0.3) is 6.08 Å². The summed E-state index contributed by atoms with van der Waals surface area (Å²) in [5.41, 5.74) is 0.548. The number of hydrogen-bond acceptors (Lipinski definition) is 5. The molecule has 6 nitrogen and oxygen atoms in total. The van der Waals surface area contributed by atoms with Gasteiger partial charge in [0, 0.05) is 32.1 Å². The molecule has 158 valence electrons. The quantitative estimate of drug-likeness (QED) is 0.433. The molecule has 2 aromatic carbocycles. The molecule has 0 radical (unpaired) electrons. The van der Waals surface area contributed by atoms with Crippen molar-refractivity contribution in [3.63, 3.8) is 0 Å². The monoisotopic (exact) mass is 612 g/mol. The fraction of sp³-hybridized carbons (Fsp3) is 0.111. The molecule has 0 bridgehead atoms. The maximum absolute atomic E-state index is 12.6. The zero-order valence-electron chi connectivity index (χ0n) is 14.9. The van der Waals surface area contributed by atoms with Gasteiger partial charge in [-0.1, -0.05) is 45.2 Å². The van der Waals surface area contributed by atoms with Crippen molar-refractivity contribution in [2.45, 2.75) is 4.90 Å². The summed E-state index contributed by atoms with van der Waals surface area (Å²) in [6.45, 7) is -0.241. The molecule has 1 aliphatic heterocycles. The number of nitrogens with zero attached hydrogens (tertiary/aromatic N) is 1. The molecule has 1 N–H and O–H groups in total. The van der Waals surface area contributed by atoms with Crippen molar-refractivity contribution in [2.24, 2.45) is 0 Å². The van der Waals surface area contributed by atoms with Gasteiger partial charge in [-0.25, -0.2) is 13.1 Å². The highest BCUT2D eigenvalue weighted by atomic mass is 79.9. The molecule has 2 aromatic rings. The van der Waals surface area contributed by atoms with Gasteiger partial charge in [-0.2, -0.15) is 0 Å². The number of carbonyl (C=O) groups excluding carboxylic acids is 2. The van der Waals surface area contributed by atoms with E-state index in [1.807, 2.05) is 0 Å². The fourth-order valence-corrected chi connectivity index (χ4v) is 6.35. The molecule has 3 rings (SSSR count). The number of rotatable bonds is 6. The molecular weight excluding hydrogens is 603 g/mol. The molecule has 30 heavy (non-hydrogen) atoms. The number of carbonyl (C=O) groups is 2. The molecule has 1 saturated heterocycles. The van der Waals surface area contributed by atoms with Crippen molar-refractivity contribution < 1.29 is 18.0 Å². The van der Waals surface area contributed by atoms with Gasteiger partial charge in [-0.15, -0.1) is 0 Å². The van der Waals surface area contributed by atoms with E-state index in [9.17, 15) is 18.0 Å². The van der Waals surface area contributed by atoms with Crippen molar-refractivity contribution in [3.8, 4) is 0 Å². The number of benzene rings is 2. The molecule has 1 heterocycles. The van der Waals surface area contributed by atoms with Crippen LogP contribution in [-0.4, -0.2) is 37.6 Å². The molecule has 2 amide bonds. The Balaban J connectivity index is 1.69. The number of thioether (sulfide) groups is 1. The number of imide groups is 1. The minimum absolute atomic E-state index is 0.0447. The van der Waals surface area contributed by atoms with Gasteiger partial charge < -0.3 is 0 Å². The maximum Gasteiger partial charge on any atom is 0.293 e. The highest BCUT2D eigenvalue weighted by Gasteiger charge is 2.35. The summed E-state index contributed by atoms with van der Waals surface area (Å²) in [5.74, 6) is -0.515. The van der Waals surface area contributed by atoms with E-state index in [4.69, 9.17) is 23.2 Å². The molecule has 0 aliphatic carbocycles. The Morgan fingerprint density at radius 2 is 1.83 bits per heavy atom. The van der Waals surface area contributed by atoms with Crippen LogP contribution in [0.3, 0.4) is 0 Å². The lowest BCUT2D eigenvalue weighted by Gasteiger charge is -2.14. The molecule has 12 heteroatoms. The Hall–Kier alpha value is -0.880. The van der Waals surface area contributed by atoms with Gasteiger partial charge in [0.25, 0.3) is 11.1 Å². The minimum Gasteiger partial charge on any atom is -0.268 e. The van der Waals surface area contributed by atoms with Crippen molar-refractivity contribution >= 4 is 94.1 Å². The third-order valence-electron chi connectivity index (χ3n) is 3.93. The van der Waals surface area contributed by atoms with Crippen LogP contribution < -0.4 is 4.72 Å². The molecular formula is C18H12Br2Cl2N2O4S2. The van der Waals surface area contributed by atoms with E-state index in [0.29, 0.717) is 24.6 Å². The summed E-state index contributed by atoms with van der Waals surface area (Å²) < 4.78 is 28.4. The first-order valence-electron chi connectivity index (χ1n) is 8.23. The standard InChI is InChI=1S/C18H12Br2Cl2N2O4S2/c19-11-2-4-13(20)16(8-11)30(27,28)23-5-6-24-17(25)15(29-18(24)26)7-10-1-3-12(21)9-14(10)22/h1-4,7-9,23H,5-6H2. The van der Waals surface area contributed by atoms with Gasteiger partial charge >= 0.3 is 0 Å². The largest absolute Gasteiger partial charge is 0.293 e. The predicted molar refractivity (Wildman–Crippen MR) is 126 cm³/mol. The van der Waals surface area contributed by atoms with E-state index in [-0.39, 0.29) is 22.9 Å². The zero-order valence-corrected chi connectivity index (χ0v) is 21.2. The molecule has 0 spiro atoms. The highest BCUT2D eigenvalue weighted by Crippen LogP contribution is 2.34. The van der Waals surface area contributed by atoms with Gasteiger partial charge in [0.2, 0.25) is 10.0 Å². The first-order valence-corrected chi connectivity index (χ1v) is 12.9. The van der Waals surface area contributed by atoms with Gasteiger partial charge in [-0.05, 0) is 69.7 Å². The summed E-state index contributed by atoms with van der Waals surface area (Å²) >= 11 is 19.2. The number of nitrogens with one attached hydrogen (secondary N) is 1. The van der Waals surface area contributed by atoms with Crippen molar-refractivity contribution in [1.29, 1.82) is 0 Å². The average molecular weight is 615 g/mol. The van der Waals surface area contributed by atoms with Crippen LogP contribution in [-0.2, 0) is 14.8 Å². The van der Waals surface area contributed by atoms with E-state index >= 15 is 0 Å². The second-order valence-corrected chi connectivity index (χ2v) is 11.3. The molecule has 1 fully saturated rings. The Morgan fingerprint density at radius 1 is 1.10 bits per heavy atom. The lowest BCUT2D eigenvalue weighted by Crippen LogP contribution is -2.37. The average Bonchev–Trinajstić information content (AvgIpc) is 2.93. The van der Waals surface area contributed by atoms with E-state index in [1.54, 1.807) is 24.3 Å². The highest BCUT2D eigenvalue weighted by molar-refractivity contribution is 9.11. The third-order valence-corrected chi connectivity index (χ3v) is 8.35. The summed E-state index contributed by atoms with van der Waals surface area (Å²) in [7, 11) is -3.84. The normalized spacial score (nSPS) is 16.0. The van der Waals surface area contributed by atoms with Gasteiger partial charge in [0.05, 0.1) is 9.80 Å². The van der Waals surface area contributed by atoms with Crippen molar-refractivity contribution in [2.75, 3.05) is 13.1 Å². The van der Waals surface area contributed by atoms with Gasteiger partial charge in [0.1, 0.15) is 0 Å². The van der Waals surface area contributed by atoms with Gasteiger partial charge in [0.15, 0.2) is 0 Å². The Labute approximate surface area is 204 Å². The number of sulfonamides is 1. The van der Waals surface area contributed by atoms with E-state index in [0.717, 1.165) is 16.7 Å². The number of halogens is 4. The fourth-order valence-electron chi connectivity index (χ4n) is 2.51. The molecule has 0 atom stereocenters. The minimum atomic E-state index is -3.84. The van der Waals surface area contributed by atoms with E-state index in [1.165, 1.54) is 18.2 Å². The summed E-state index contributed by atoms with van der Waals surface area (Å²) in [4.78, 5) is 26.0. The summed E-state index contributed by atoms with van der Waals surface area (Å²) in [6, 6.07) is 9.55. The van der Waals surface area contributed by atoms with Crippen LogP contribution in [0.4, 0.5) is 4.79 Å². The zero-order chi connectivity index (χ0) is 22.1. The Morgan fingerprint density at radius 3 is 2.53 bits per heavy atom. The summed E-state index contributed by atoms with van der Waals surface area (Å²) in [5, 5.41) is 0.315. The lowest BCUT2D eigenvalue weighted by atomic mass is 10.2. The first-order chi connectivity index (χ1) is 14.1. The Kier molecular flexibility index (Phi) is 7.71. The lowest BCUT2D eigenvalue weighted by molar-refractivity contribution is -0.122. The summed E-state index contributed by atoms with van der Waals surface area (Å²) in [6.07, 6.45) is 1.51. The van der Waals surface area contributed by atoms with Crippen LogP contribution in [0.2, 0.25) is 10.0 Å². The number of hydrogen-bond donors (Lipinski definition) is 1. The van der Waals surface area contributed by atoms with E-state index in [2.05, 4.69) is 36.6 Å². The first kappa shape index (κ1) is 23.8. The van der Waals surface area contributed by atoms with E-state index < -0.39 is 21.2 Å². The molecule has 0 unspecified atom stereocenters. The van der Waals surface area contributed by atoms with Crippen molar-refractivity contribution in [3.05, 3.63) is 65.9 Å². The Bertz CT molecular complexity index is 1170. The third kappa shape index (κ3) is 5.48. The maximum atomic E-state index is 12.6. The predicted octanol–water partition coefficient (Wildman–Crippen LogP) is 5.53. The topological polar surface area (TPSA) is 83.6 Å². The van der Waals surface area contributed by atoms with Crippen LogP contribution >= 0.6 is 66.8 Å². The smallest absolute Gasteiger partial charge is 0.268 e. The number of amides is 2. The van der Waals surface area contributed by atoms with Crippen LogP contribution in [0, 0.1) is 0 Å². The SMILES string of the molecule is O=C1SC(=Cc2ccc(Cl)cc2Cl)C(=O)N1CCNS(=O)(=O)c1cc(Br)ccc1Br. The van der Waals surface area contributed by atoms with Gasteiger partial charge in [-0.3, -0.25) is 14.5 Å². The van der Waals surface area contributed by atoms with Crippen molar-refractivity contribution in [1.82, 2.24) is 9.62 Å². The second-order valence-electron chi connectivity index (χ2n) is 5.97.